The van der Waals surface area contributed by atoms with Crippen molar-refractivity contribution < 1.29 is 14.7 Å². The zero-order valence-corrected chi connectivity index (χ0v) is 18.0. The number of aliphatic hydroxyl groups excluding tert-OH is 1. The molecule has 0 radical (unpaired) electrons. The fourth-order valence-corrected chi connectivity index (χ4v) is 3.89. The van der Waals surface area contributed by atoms with Crippen LogP contribution in [-0.2, 0) is 9.59 Å². The molecule has 7 heteroatoms. The summed E-state index contributed by atoms with van der Waals surface area (Å²) in [6.07, 6.45) is 3.99. The van der Waals surface area contributed by atoms with Gasteiger partial charge in [-0.25, -0.2) is 0 Å². The fourth-order valence-electron chi connectivity index (χ4n) is 3.76. The fraction of sp³-hybridized carbons (Fsp3) is 0.348. The van der Waals surface area contributed by atoms with Gasteiger partial charge in [-0.05, 0) is 62.0 Å². The molecule has 1 aromatic heterocycles. The van der Waals surface area contributed by atoms with Crippen molar-refractivity contribution in [2.45, 2.75) is 26.3 Å². The first-order valence-electron chi connectivity index (χ1n) is 10.1. The molecule has 1 fully saturated rings. The molecule has 1 aliphatic rings. The van der Waals surface area contributed by atoms with Crippen molar-refractivity contribution in [2.24, 2.45) is 0 Å². The average molecular weight is 428 g/mol. The van der Waals surface area contributed by atoms with E-state index in [4.69, 9.17) is 11.6 Å². The molecule has 2 heterocycles. The van der Waals surface area contributed by atoms with E-state index >= 15 is 0 Å². The second kappa shape index (κ2) is 9.87. The van der Waals surface area contributed by atoms with Crippen LogP contribution in [-0.4, -0.2) is 57.8 Å². The van der Waals surface area contributed by atoms with Gasteiger partial charge in [0.1, 0.15) is 5.76 Å². The van der Waals surface area contributed by atoms with Gasteiger partial charge in [0, 0.05) is 29.5 Å². The number of nitrogens with zero attached hydrogens (tertiary/aromatic N) is 3. The summed E-state index contributed by atoms with van der Waals surface area (Å²) in [5, 5.41) is 11.5. The van der Waals surface area contributed by atoms with E-state index in [0.717, 1.165) is 26.1 Å². The largest absolute Gasteiger partial charge is 0.507 e. The highest BCUT2D eigenvalue weighted by atomic mass is 35.5. The van der Waals surface area contributed by atoms with Gasteiger partial charge in [0.15, 0.2) is 0 Å². The van der Waals surface area contributed by atoms with Crippen LogP contribution in [0.15, 0.2) is 54.4 Å². The van der Waals surface area contributed by atoms with Crippen molar-refractivity contribution >= 4 is 29.1 Å². The van der Waals surface area contributed by atoms with Crippen LogP contribution in [0.3, 0.4) is 0 Å². The topological polar surface area (TPSA) is 73.7 Å². The first-order chi connectivity index (χ1) is 14.5. The Bertz CT molecular complexity index is 924. The minimum Gasteiger partial charge on any atom is -0.507 e. The Labute approximate surface area is 181 Å². The highest BCUT2D eigenvalue weighted by Crippen LogP contribution is 2.39. The molecule has 1 amide bonds. The quantitative estimate of drug-likeness (QED) is 0.393. The van der Waals surface area contributed by atoms with Gasteiger partial charge in [0.05, 0.1) is 11.6 Å². The molecule has 1 saturated heterocycles. The summed E-state index contributed by atoms with van der Waals surface area (Å²) in [5.74, 6) is -1.48. The SMILES string of the molecule is CCN(CC)CCCN1C(=O)C(=O)C(=C(O)c2ccc(Cl)cc2)[C@H]1c1cccnc1. The molecule has 0 unspecified atom stereocenters. The second-order valence-corrected chi connectivity index (χ2v) is 7.60. The number of benzene rings is 1. The zero-order valence-electron chi connectivity index (χ0n) is 17.2. The van der Waals surface area contributed by atoms with Crippen molar-refractivity contribution in [2.75, 3.05) is 26.2 Å². The first kappa shape index (κ1) is 22.0. The van der Waals surface area contributed by atoms with Gasteiger partial charge in [-0.3, -0.25) is 14.6 Å². The van der Waals surface area contributed by atoms with E-state index in [1.54, 1.807) is 47.6 Å². The van der Waals surface area contributed by atoms with Crippen LogP contribution in [0.1, 0.15) is 37.4 Å². The number of rotatable bonds is 8. The molecular formula is C23H26ClN3O3. The van der Waals surface area contributed by atoms with Gasteiger partial charge < -0.3 is 14.9 Å². The van der Waals surface area contributed by atoms with E-state index in [0.29, 0.717) is 22.7 Å². The van der Waals surface area contributed by atoms with Crippen molar-refractivity contribution in [3.05, 3.63) is 70.5 Å². The number of hydrogen-bond acceptors (Lipinski definition) is 5. The predicted molar refractivity (Wildman–Crippen MR) is 117 cm³/mol. The lowest BCUT2D eigenvalue weighted by Gasteiger charge is -2.26. The van der Waals surface area contributed by atoms with Crippen molar-refractivity contribution in [3.8, 4) is 0 Å². The molecule has 1 atom stereocenters. The molecular weight excluding hydrogens is 402 g/mol. The minimum atomic E-state index is -0.681. The maximum atomic E-state index is 12.9. The number of aliphatic hydroxyl groups is 1. The molecule has 3 rings (SSSR count). The number of hydrogen-bond donors (Lipinski definition) is 1. The molecule has 158 valence electrons. The normalized spacial score (nSPS) is 18.4. The smallest absolute Gasteiger partial charge is 0.295 e. The molecule has 1 aliphatic heterocycles. The molecule has 6 nitrogen and oxygen atoms in total. The molecule has 1 aromatic carbocycles. The lowest BCUT2D eigenvalue weighted by Crippen LogP contribution is -2.33. The monoisotopic (exact) mass is 427 g/mol. The standard InChI is InChI=1S/C23H26ClN3O3/c1-3-26(4-2)13-6-14-27-20(17-7-5-12-25-15-17)19(22(29)23(27)30)21(28)16-8-10-18(24)11-9-16/h5,7-12,15,20,28H,3-4,6,13-14H2,1-2H3/t20-/m1/s1. The van der Waals surface area contributed by atoms with Gasteiger partial charge in [-0.15, -0.1) is 0 Å². The van der Waals surface area contributed by atoms with Crippen LogP contribution in [0.25, 0.3) is 5.76 Å². The lowest BCUT2D eigenvalue weighted by atomic mass is 9.96. The number of amides is 1. The third-order valence-electron chi connectivity index (χ3n) is 5.43. The summed E-state index contributed by atoms with van der Waals surface area (Å²) in [5.41, 5.74) is 1.21. The van der Waals surface area contributed by atoms with Crippen LogP contribution in [0.2, 0.25) is 5.02 Å². The van der Waals surface area contributed by atoms with E-state index in [2.05, 4.69) is 23.7 Å². The molecule has 0 saturated carbocycles. The number of ketones is 1. The van der Waals surface area contributed by atoms with Crippen LogP contribution < -0.4 is 0 Å². The van der Waals surface area contributed by atoms with E-state index < -0.39 is 17.7 Å². The van der Waals surface area contributed by atoms with Crippen LogP contribution in [0.4, 0.5) is 0 Å². The lowest BCUT2D eigenvalue weighted by molar-refractivity contribution is -0.140. The Balaban J connectivity index is 1.99. The van der Waals surface area contributed by atoms with Gasteiger partial charge in [0.25, 0.3) is 11.7 Å². The highest BCUT2D eigenvalue weighted by molar-refractivity contribution is 6.46. The second-order valence-electron chi connectivity index (χ2n) is 7.17. The average Bonchev–Trinajstić information content (AvgIpc) is 3.02. The first-order valence-corrected chi connectivity index (χ1v) is 10.5. The van der Waals surface area contributed by atoms with Crippen LogP contribution in [0.5, 0.6) is 0 Å². The third kappa shape index (κ3) is 4.55. The molecule has 30 heavy (non-hydrogen) atoms. The van der Waals surface area contributed by atoms with Crippen molar-refractivity contribution in [3.63, 3.8) is 0 Å². The molecule has 1 N–H and O–H groups in total. The minimum absolute atomic E-state index is 0.0816. The molecule has 2 aromatic rings. The molecule has 0 spiro atoms. The van der Waals surface area contributed by atoms with E-state index in [1.165, 1.54) is 0 Å². The van der Waals surface area contributed by atoms with E-state index in [9.17, 15) is 14.7 Å². The Morgan fingerprint density at radius 1 is 1.17 bits per heavy atom. The Kier molecular flexibility index (Phi) is 7.24. The highest BCUT2D eigenvalue weighted by Gasteiger charge is 2.45. The Morgan fingerprint density at radius 3 is 2.47 bits per heavy atom. The van der Waals surface area contributed by atoms with E-state index in [1.807, 2.05) is 6.07 Å². The zero-order chi connectivity index (χ0) is 21.7. The van der Waals surface area contributed by atoms with Gasteiger partial charge in [0.2, 0.25) is 0 Å². The maximum absolute atomic E-state index is 12.9. The number of likely N-dealkylation sites (tertiary alicyclic amines) is 1. The van der Waals surface area contributed by atoms with Crippen LogP contribution >= 0.6 is 11.6 Å². The summed E-state index contributed by atoms with van der Waals surface area (Å²) in [4.78, 5) is 33.8. The number of pyridine rings is 1. The van der Waals surface area contributed by atoms with Crippen molar-refractivity contribution in [1.82, 2.24) is 14.8 Å². The van der Waals surface area contributed by atoms with E-state index in [-0.39, 0.29) is 11.3 Å². The predicted octanol–water partition coefficient (Wildman–Crippen LogP) is 3.89. The van der Waals surface area contributed by atoms with Gasteiger partial charge in [-0.1, -0.05) is 31.5 Å². The van der Waals surface area contributed by atoms with Crippen LogP contribution in [0, 0.1) is 0 Å². The Hall–Kier alpha value is -2.70. The third-order valence-corrected chi connectivity index (χ3v) is 5.68. The number of carbonyl (C=O) groups is 2. The summed E-state index contributed by atoms with van der Waals surface area (Å²) < 4.78 is 0. The van der Waals surface area contributed by atoms with Gasteiger partial charge in [-0.2, -0.15) is 0 Å². The summed E-state index contributed by atoms with van der Waals surface area (Å²) in [7, 11) is 0. The molecule has 0 aliphatic carbocycles. The van der Waals surface area contributed by atoms with Crippen molar-refractivity contribution in [1.29, 1.82) is 0 Å². The number of carbonyl (C=O) groups excluding carboxylic acids is 2. The summed E-state index contributed by atoms with van der Waals surface area (Å²) in [6.45, 7) is 7.29. The van der Waals surface area contributed by atoms with Gasteiger partial charge >= 0.3 is 0 Å². The summed E-state index contributed by atoms with van der Waals surface area (Å²) in [6, 6.07) is 9.43. The maximum Gasteiger partial charge on any atom is 0.295 e. The Morgan fingerprint density at radius 2 is 1.87 bits per heavy atom. The number of Topliss-reactive ketones (excluding diaryl/α,β-unsaturated/α-hetero) is 1. The summed E-state index contributed by atoms with van der Waals surface area (Å²) >= 11 is 5.94. The molecule has 0 bridgehead atoms. The number of aromatic nitrogens is 1. The number of halogens is 1.